The van der Waals surface area contributed by atoms with Gasteiger partial charge in [0, 0.05) is 17.3 Å². The van der Waals surface area contributed by atoms with E-state index in [0.717, 1.165) is 12.0 Å². The van der Waals surface area contributed by atoms with Crippen molar-refractivity contribution in [2.75, 3.05) is 12.4 Å². The third-order valence-electron chi connectivity index (χ3n) is 4.17. The van der Waals surface area contributed by atoms with E-state index in [4.69, 9.17) is 14.3 Å². The maximum Gasteiger partial charge on any atom is 0.255 e. The van der Waals surface area contributed by atoms with E-state index in [1.165, 1.54) is 5.56 Å². The highest BCUT2D eigenvalue weighted by Crippen LogP contribution is 2.33. The minimum atomic E-state index is -0.178. The minimum absolute atomic E-state index is 0.159. The molecule has 2 aromatic carbocycles. The highest BCUT2D eigenvalue weighted by molar-refractivity contribution is 6.04. The SMILES string of the molecule is CCc1ccc(C(=O)Nc2ccc(-c3ccc(CO)o3)c(OC)c2)cc1. The molecule has 1 heterocycles. The number of carbonyl (C=O) groups excluding carboxylic acids is 1. The largest absolute Gasteiger partial charge is 0.496 e. The van der Waals surface area contributed by atoms with Crippen LogP contribution in [0.5, 0.6) is 5.75 Å². The molecule has 0 bridgehead atoms. The van der Waals surface area contributed by atoms with Crippen LogP contribution < -0.4 is 10.1 Å². The number of aliphatic hydroxyl groups is 1. The molecule has 0 saturated heterocycles. The van der Waals surface area contributed by atoms with Gasteiger partial charge in [0.15, 0.2) is 0 Å². The van der Waals surface area contributed by atoms with E-state index < -0.39 is 0 Å². The lowest BCUT2D eigenvalue weighted by atomic mass is 10.1. The molecule has 0 unspecified atom stereocenters. The number of furan rings is 1. The van der Waals surface area contributed by atoms with Crippen molar-refractivity contribution in [3.63, 3.8) is 0 Å². The molecule has 0 aliphatic carbocycles. The zero-order valence-electron chi connectivity index (χ0n) is 14.8. The third-order valence-corrected chi connectivity index (χ3v) is 4.17. The minimum Gasteiger partial charge on any atom is -0.496 e. The molecule has 0 radical (unpaired) electrons. The molecular formula is C21H21NO4. The van der Waals surface area contributed by atoms with Crippen molar-refractivity contribution < 1.29 is 19.1 Å². The van der Waals surface area contributed by atoms with Gasteiger partial charge in [0.1, 0.15) is 23.9 Å². The molecule has 0 aliphatic heterocycles. The summed E-state index contributed by atoms with van der Waals surface area (Å²) in [5.74, 6) is 1.47. The van der Waals surface area contributed by atoms with Crippen LogP contribution in [0, 0.1) is 0 Å². The molecule has 0 spiro atoms. The second-order valence-corrected chi connectivity index (χ2v) is 5.84. The van der Waals surface area contributed by atoms with Crippen molar-refractivity contribution in [3.05, 3.63) is 71.5 Å². The van der Waals surface area contributed by atoms with E-state index in [0.29, 0.717) is 28.5 Å². The number of aryl methyl sites for hydroxylation is 1. The number of amides is 1. The lowest BCUT2D eigenvalue weighted by Gasteiger charge is -2.11. The maximum absolute atomic E-state index is 12.4. The van der Waals surface area contributed by atoms with Crippen LogP contribution in [-0.2, 0) is 13.0 Å². The summed E-state index contributed by atoms with van der Waals surface area (Å²) in [5.41, 5.74) is 3.17. The predicted octanol–water partition coefficient (Wildman–Crippen LogP) is 4.26. The highest BCUT2D eigenvalue weighted by Gasteiger charge is 2.13. The summed E-state index contributed by atoms with van der Waals surface area (Å²) in [6, 6.07) is 16.4. The monoisotopic (exact) mass is 351 g/mol. The molecule has 5 nitrogen and oxygen atoms in total. The Morgan fingerprint density at radius 1 is 1.12 bits per heavy atom. The van der Waals surface area contributed by atoms with Crippen LogP contribution >= 0.6 is 0 Å². The molecule has 1 aromatic heterocycles. The second kappa shape index (κ2) is 7.89. The molecule has 1 amide bonds. The standard InChI is InChI=1S/C21H21NO4/c1-3-14-4-6-15(7-5-14)21(24)22-16-8-10-18(20(12-16)25-2)19-11-9-17(13-23)26-19/h4-12,23H,3,13H2,1-2H3,(H,22,24). The number of methoxy groups -OCH3 is 1. The number of aliphatic hydroxyl groups excluding tert-OH is 1. The highest BCUT2D eigenvalue weighted by atomic mass is 16.5. The van der Waals surface area contributed by atoms with Gasteiger partial charge in [-0.1, -0.05) is 19.1 Å². The average Bonchev–Trinajstić information content (AvgIpc) is 3.17. The van der Waals surface area contributed by atoms with Crippen molar-refractivity contribution >= 4 is 11.6 Å². The van der Waals surface area contributed by atoms with Gasteiger partial charge in [-0.05, 0) is 48.4 Å². The fraction of sp³-hybridized carbons (Fsp3) is 0.190. The normalized spacial score (nSPS) is 10.6. The smallest absolute Gasteiger partial charge is 0.255 e. The van der Waals surface area contributed by atoms with Crippen molar-refractivity contribution in [1.29, 1.82) is 0 Å². The Labute approximate surface area is 152 Å². The van der Waals surface area contributed by atoms with Crippen LogP contribution in [-0.4, -0.2) is 18.1 Å². The summed E-state index contributed by atoms with van der Waals surface area (Å²) < 4.78 is 11.0. The van der Waals surface area contributed by atoms with Crippen LogP contribution in [0.2, 0.25) is 0 Å². The zero-order chi connectivity index (χ0) is 18.5. The van der Waals surface area contributed by atoms with Crippen molar-refractivity contribution in [2.45, 2.75) is 20.0 Å². The molecule has 134 valence electrons. The Morgan fingerprint density at radius 2 is 1.88 bits per heavy atom. The molecule has 2 N–H and O–H groups in total. The number of carbonyl (C=O) groups is 1. The van der Waals surface area contributed by atoms with E-state index in [1.807, 2.05) is 30.3 Å². The Morgan fingerprint density at radius 3 is 2.50 bits per heavy atom. The van der Waals surface area contributed by atoms with Crippen LogP contribution in [0.1, 0.15) is 28.6 Å². The molecule has 26 heavy (non-hydrogen) atoms. The molecule has 3 rings (SSSR count). The van der Waals surface area contributed by atoms with E-state index in [2.05, 4.69) is 12.2 Å². The lowest BCUT2D eigenvalue weighted by molar-refractivity contribution is 0.102. The Balaban J connectivity index is 1.81. The molecule has 5 heteroatoms. The van der Waals surface area contributed by atoms with E-state index in [-0.39, 0.29) is 12.5 Å². The number of rotatable bonds is 6. The summed E-state index contributed by atoms with van der Waals surface area (Å²) in [4.78, 5) is 12.4. The first-order chi connectivity index (χ1) is 12.6. The Bertz CT molecular complexity index is 897. The average molecular weight is 351 g/mol. The first kappa shape index (κ1) is 17.8. The quantitative estimate of drug-likeness (QED) is 0.696. The summed E-state index contributed by atoms with van der Waals surface area (Å²) in [5, 5.41) is 12.0. The van der Waals surface area contributed by atoms with Gasteiger partial charge in [-0.3, -0.25) is 4.79 Å². The summed E-state index contributed by atoms with van der Waals surface area (Å²) in [6.45, 7) is 1.92. The number of benzene rings is 2. The molecule has 0 fully saturated rings. The first-order valence-corrected chi connectivity index (χ1v) is 8.43. The lowest BCUT2D eigenvalue weighted by Crippen LogP contribution is -2.12. The molecule has 3 aromatic rings. The van der Waals surface area contributed by atoms with Crippen molar-refractivity contribution in [3.8, 4) is 17.1 Å². The fourth-order valence-electron chi connectivity index (χ4n) is 2.68. The van der Waals surface area contributed by atoms with Gasteiger partial charge in [-0.25, -0.2) is 0 Å². The van der Waals surface area contributed by atoms with Crippen molar-refractivity contribution in [2.24, 2.45) is 0 Å². The number of nitrogens with one attached hydrogen (secondary N) is 1. The van der Waals surface area contributed by atoms with Gasteiger partial charge in [0.05, 0.1) is 12.7 Å². The van der Waals surface area contributed by atoms with Gasteiger partial charge < -0.3 is 19.6 Å². The number of ether oxygens (including phenoxy) is 1. The fourth-order valence-corrected chi connectivity index (χ4v) is 2.68. The molecule has 0 aliphatic rings. The van der Waals surface area contributed by atoms with E-state index in [9.17, 15) is 4.79 Å². The number of hydrogen-bond donors (Lipinski definition) is 2. The van der Waals surface area contributed by atoms with Crippen LogP contribution in [0.4, 0.5) is 5.69 Å². The summed E-state index contributed by atoms with van der Waals surface area (Å²) >= 11 is 0. The molecule has 0 saturated carbocycles. The summed E-state index contributed by atoms with van der Waals surface area (Å²) in [7, 11) is 1.56. The van der Waals surface area contributed by atoms with E-state index in [1.54, 1.807) is 31.4 Å². The first-order valence-electron chi connectivity index (χ1n) is 8.43. The zero-order valence-corrected chi connectivity index (χ0v) is 14.8. The van der Waals surface area contributed by atoms with E-state index >= 15 is 0 Å². The Kier molecular flexibility index (Phi) is 5.39. The van der Waals surface area contributed by atoms with Gasteiger partial charge in [-0.2, -0.15) is 0 Å². The van der Waals surface area contributed by atoms with Crippen molar-refractivity contribution in [1.82, 2.24) is 0 Å². The van der Waals surface area contributed by atoms with Gasteiger partial charge >= 0.3 is 0 Å². The topological polar surface area (TPSA) is 71.7 Å². The van der Waals surface area contributed by atoms with Gasteiger partial charge in [-0.15, -0.1) is 0 Å². The maximum atomic E-state index is 12.4. The third kappa shape index (κ3) is 3.78. The molecular weight excluding hydrogens is 330 g/mol. The van der Waals surface area contributed by atoms with Gasteiger partial charge in [0.2, 0.25) is 0 Å². The van der Waals surface area contributed by atoms with Crippen LogP contribution in [0.15, 0.2) is 59.0 Å². The second-order valence-electron chi connectivity index (χ2n) is 5.84. The van der Waals surface area contributed by atoms with Crippen LogP contribution in [0.3, 0.4) is 0 Å². The summed E-state index contributed by atoms with van der Waals surface area (Å²) in [6.07, 6.45) is 0.936. The number of hydrogen-bond acceptors (Lipinski definition) is 4. The van der Waals surface area contributed by atoms with Crippen LogP contribution in [0.25, 0.3) is 11.3 Å². The Hall–Kier alpha value is -3.05. The number of anilines is 1. The predicted molar refractivity (Wildman–Crippen MR) is 100 cm³/mol. The molecule has 0 atom stereocenters. The van der Waals surface area contributed by atoms with Gasteiger partial charge in [0.25, 0.3) is 5.91 Å².